The molecule has 0 fully saturated rings. The molecule has 2 heterocycles. The van der Waals surface area contributed by atoms with Gasteiger partial charge in [0.05, 0.1) is 0 Å². The molecular weight excluding hydrogens is 210 g/mol. The van der Waals surface area contributed by atoms with Crippen LogP contribution in [0.4, 0.5) is 0 Å². The summed E-state index contributed by atoms with van der Waals surface area (Å²) in [5, 5.41) is 17.3. The smallest absolute Gasteiger partial charge is 0.207 e. The van der Waals surface area contributed by atoms with E-state index in [4.69, 9.17) is 11.6 Å². The molecule has 2 aromatic heterocycles. The van der Waals surface area contributed by atoms with Crippen molar-refractivity contribution in [3.8, 4) is 16.5 Å². The SMILES string of the molecule is Oc1cccnc1-c1nnc(Cl)s1. The number of hydrogen-bond acceptors (Lipinski definition) is 5. The van der Waals surface area contributed by atoms with Gasteiger partial charge in [-0.15, -0.1) is 10.2 Å². The molecule has 0 radical (unpaired) electrons. The number of nitrogens with zero attached hydrogens (tertiary/aromatic N) is 3. The van der Waals surface area contributed by atoms with Gasteiger partial charge in [-0.05, 0) is 23.7 Å². The molecule has 0 saturated heterocycles. The molecule has 0 bridgehead atoms. The summed E-state index contributed by atoms with van der Waals surface area (Å²) in [6.45, 7) is 0. The van der Waals surface area contributed by atoms with Crippen molar-refractivity contribution in [2.24, 2.45) is 0 Å². The Morgan fingerprint density at radius 1 is 1.38 bits per heavy atom. The first-order chi connectivity index (χ1) is 6.27. The van der Waals surface area contributed by atoms with Gasteiger partial charge >= 0.3 is 0 Å². The van der Waals surface area contributed by atoms with Crippen LogP contribution in [0.25, 0.3) is 10.7 Å². The zero-order chi connectivity index (χ0) is 9.26. The summed E-state index contributed by atoms with van der Waals surface area (Å²) in [6.07, 6.45) is 1.57. The first-order valence-electron chi connectivity index (χ1n) is 3.41. The molecule has 0 aliphatic carbocycles. The van der Waals surface area contributed by atoms with Crippen molar-refractivity contribution in [1.82, 2.24) is 15.2 Å². The predicted octanol–water partition coefficient (Wildman–Crippen LogP) is 1.96. The zero-order valence-corrected chi connectivity index (χ0v) is 7.88. The molecule has 13 heavy (non-hydrogen) atoms. The Kier molecular flexibility index (Phi) is 2.12. The quantitative estimate of drug-likeness (QED) is 0.787. The second-order valence-corrected chi connectivity index (χ2v) is 3.79. The van der Waals surface area contributed by atoms with Crippen LogP contribution in [-0.2, 0) is 0 Å². The van der Waals surface area contributed by atoms with Crippen LogP contribution in [0.2, 0.25) is 4.47 Å². The average Bonchev–Trinajstić information content (AvgIpc) is 2.53. The average molecular weight is 214 g/mol. The van der Waals surface area contributed by atoms with Gasteiger partial charge in [0.2, 0.25) is 4.47 Å². The topological polar surface area (TPSA) is 58.9 Å². The number of hydrogen-bond donors (Lipinski definition) is 1. The van der Waals surface area contributed by atoms with Crippen molar-refractivity contribution in [3.05, 3.63) is 22.8 Å². The maximum absolute atomic E-state index is 9.41. The van der Waals surface area contributed by atoms with Gasteiger partial charge in [0, 0.05) is 6.20 Å². The molecule has 4 nitrogen and oxygen atoms in total. The number of aromatic hydroxyl groups is 1. The van der Waals surface area contributed by atoms with Gasteiger partial charge < -0.3 is 5.11 Å². The van der Waals surface area contributed by atoms with E-state index in [9.17, 15) is 5.11 Å². The lowest BCUT2D eigenvalue weighted by atomic mass is 10.3. The largest absolute Gasteiger partial charge is 0.506 e. The van der Waals surface area contributed by atoms with E-state index in [1.54, 1.807) is 12.3 Å². The van der Waals surface area contributed by atoms with Crippen molar-refractivity contribution in [3.63, 3.8) is 0 Å². The summed E-state index contributed by atoms with van der Waals surface area (Å²) in [4.78, 5) is 3.96. The molecule has 0 unspecified atom stereocenters. The Morgan fingerprint density at radius 3 is 2.85 bits per heavy atom. The van der Waals surface area contributed by atoms with Crippen molar-refractivity contribution in [2.45, 2.75) is 0 Å². The molecule has 2 rings (SSSR count). The van der Waals surface area contributed by atoms with Gasteiger partial charge in [0.1, 0.15) is 11.4 Å². The lowest BCUT2D eigenvalue weighted by molar-refractivity contribution is 0.475. The van der Waals surface area contributed by atoms with E-state index in [0.29, 0.717) is 15.2 Å². The van der Waals surface area contributed by atoms with Crippen LogP contribution in [-0.4, -0.2) is 20.3 Å². The summed E-state index contributed by atoms with van der Waals surface area (Å²) in [5.74, 6) is 0.0790. The summed E-state index contributed by atoms with van der Waals surface area (Å²) in [6, 6.07) is 3.18. The van der Waals surface area contributed by atoms with Crippen LogP contribution in [0.3, 0.4) is 0 Å². The Bertz CT molecular complexity index is 431. The summed E-state index contributed by atoms with van der Waals surface area (Å²) in [7, 11) is 0. The van der Waals surface area contributed by atoms with Gasteiger partial charge in [-0.25, -0.2) is 4.98 Å². The van der Waals surface area contributed by atoms with E-state index in [1.165, 1.54) is 17.4 Å². The fraction of sp³-hybridized carbons (Fsp3) is 0. The molecule has 0 saturated carbocycles. The first-order valence-corrected chi connectivity index (χ1v) is 4.60. The van der Waals surface area contributed by atoms with Gasteiger partial charge in [0.25, 0.3) is 0 Å². The van der Waals surface area contributed by atoms with E-state index in [0.717, 1.165) is 0 Å². The number of pyridine rings is 1. The normalized spacial score (nSPS) is 10.2. The highest BCUT2D eigenvalue weighted by Crippen LogP contribution is 2.29. The molecule has 0 aromatic carbocycles. The maximum Gasteiger partial charge on any atom is 0.207 e. The van der Waals surface area contributed by atoms with Crippen LogP contribution in [0.1, 0.15) is 0 Å². The number of aromatic nitrogens is 3. The molecule has 0 spiro atoms. The molecule has 0 amide bonds. The van der Waals surface area contributed by atoms with Crippen LogP contribution < -0.4 is 0 Å². The zero-order valence-electron chi connectivity index (χ0n) is 6.31. The molecule has 66 valence electrons. The number of halogens is 1. The minimum absolute atomic E-state index is 0.0790. The third kappa shape index (κ3) is 1.61. The highest BCUT2D eigenvalue weighted by molar-refractivity contribution is 7.18. The minimum atomic E-state index is 0.0790. The molecule has 2 aromatic rings. The van der Waals surface area contributed by atoms with Crippen molar-refractivity contribution >= 4 is 22.9 Å². The third-order valence-corrected chi connectivity index (χ3v) is 2.41. The van der Waals surface area contributed by atoms with E-state index in [2.05, 4.69) is 15.2 Å². The fourth-order valence-electron chi connectivity index (χ4n) is 0.863. The van der Waals surface area contributed by atoms with Crippen LogP contribution in [0.15, 0.2) is 18.3 Å². The monoisotopic (exact) mass is 213 g/mol. The molecule has 6 heteroatoms. The van der Waals surface area contributed by atoms with Gasteiger partial charge in [0.15, 0.2) is 5.01 Å². The fourth-order valence-corrected chi connectivity index (χ4v) is 1.70. The Hall–Kier alpha value is -1.20. The van der Waals surface area contributed by atoms with E-state index in [-0.39, 0.29) is 5.75 Å². The highest BCUT2D eigenvalue weighted by Gasteiger charge is 2.09. The van der Waals surface area contributed by atoms with E-state index < -0.39 is 0 Å². The van der Waals surface area contributed by atoms with Crippen molar-refractivity contribution in [1.29, 1.82) is 0 Å². The van der Waals surface area contributed by atoms with E-state index >= 15 is 0 Å². The maximum atomic E-state index is 9.41. The van der Waals surface area contributed by atoms with Crippen LogP contribution in [0.5, 0.6) is 5.75 Å². The second kappa shape index (κ2) is 3.27. The van der Waals surface area contributed by atoms with Crippen molar-refractivity contribution < 1.29 is 5.11 Å². The molecule has 0 aliphatic heterocycles. The Balaban J connectivity index is 2.52. The third-order valence-electron chi connectivity index (χ3n) is 1.39. The first kappa shape index (κ1) is 8.40. The standard InChI is InChI=1S/C7H4ClN3OS/c8-7-11-10-6(13-7)5-4(12)2-1-3-9-5/h1-3,12H. The predicted molar refractivity (Wildman–Crippen MR) is 49.8 cm³/mol. The highest BCUT2D eigenvalue weighted by atomic mass is 35.5. The number of rotatable bonds is 1. The molecule has 0 aliphatic rings. The minimum Gasteiger partial charge on any atom is -0.506 e. The Morgan fingerprint density at radius 2 is 2.23 bits per heavy atom. The van der Waals surface area contributed by atoms with Crippen molar-refractivity contribution in [2.75, 3.05) is 0 Å². The summed E-state index contributed by atoms with van der Waals surface area (Å²) >= 11 is 6.77. The van der Waals surface area contributed by atoms with Crippen LogP contribution in [0, 0.1) is 0 Å². The summed E-state index contributed by atoms with van der Waals surface area (Å²) in [5.41, 5.74) is 0.409. The van der Waals surface area contributed by atoms with Gasteiger partial charge in [-0.3, -0.25) is 0 Å². The summed E-state index contributed by atoms with van der Waals surface area (Å²) < 4.78 is 0.333. The van der Waals surface area contributed by atoms with Gasteiger partial charge in [-0.2, -0.15) is 0 Å². The molecule has 1 N–H and O–H groups in total. The lowest BCUT2D eigenvalue weighted by Gasteiger charge is -1.95. The second-order valence-electron chi connectivity index (χ2n) is 2.23. The van der Waals surface area contributed by atoms with Gasteiger partial charge in [-0.1, -0.05) is 11.3 Å². The molecular formula is C7H4ClN3OS. The Labute approximate surface area is 82.9 Å². The lowest BCUT2D eigenvalue weighted by Crippen LogP contribution is -1.82. The van der Waals surface area contributed by atoms with E-state index in [1.807, 2.05) is 0 Å². The molecule has 0 atom stereocenters. The van der Waals surface area contributed by atoms with Crippen LogP contribution >= 0.6 is 22.9 Å².